The zero-order chi connectivity index (χ0) is 13.0. The Hall–Kier alpha value is -1.39. The maximum absolute atomic E-state index is 12.1. The van der Waals surface area contributed by atoms with E-state index < -0.39 is 0 Å². The lowest BCUT2D eigenvalue weighted by Crippen LogP contribution is -2.28. The average Bonchev–Trinajstić information content (AvgIpc) is 2.42. The van der Waals surface area contributed by atoms with Crippen molar-refractivity contribution in [3.63, 3.8) is 0 Å². The minimum atomic E-state index is 0.0692. The van der Waals surface area contributed by atoms with Crippen LogP contribution in [0.2, 0.25) is 0 Å². The number of hydrogen-bond donors (Lipinski definition) is 2. The third-order valence-corrected chi connectivity index (χ3v) is 3.39. The Morgan fingerprint density at radius 2 is 2.17 bits per heavy atom. The van der Waals surface area contributed by atoms with Crippen LogP contribution in [0.1, 0.15) is 24.0 Å². The minimum Gasteiger partial charge on any atom is -0.381 e. The van der Waals surface area contributed by atoms with Crippen molar-refractivity contribution in [2.45, 2.75) is 26.3 Å². The van der Waals surface area contributed by atoms with E-state index in [9.17, 15) is 4.79 Å². The highest BCUT2D eigenvalue weighted by Gasteiger charge is 2.21. The molecule has 0 radical (unpaired) electrons. The summed E-state index contributed by atoms with van der Waals surface area (Å²) in [5.41, 5.74) is 8.58. The first-order chi connectivity index (χ1) is 8.70. The summed E-state index contributed by atoms with van der Waals surface area (Å²) in [7, 11) is 0. The van der Waals surface area contributed by atoms with E-state index in [1.54, 1.807) is 0 Å². The van der Waals surface area contributed by atoms with Gasteiger partial charge in [0.2, 0.25) is 5.91 Å². The molecule has 0 aliphatic carbocycles. The maximum atomic E-state index is 12.1. The van der Waals surface area contributed by atoms with Gasteiger partial charge in [-0.25, -0.2) is 0 Å². The first-order valence-electron chi connectivity index (χ1n) is 6.39. The molecule has 1 aromatic carbocycles. The zero-order valence-electron chi connectivity index (χ0n) is 10.7. The largest absolute Gasteiger partial charge is 0.381 e. The number of anilines is 1. The first kappa shape index (κ1) is 13.1. The van der Waals surface area contributed by atoms with E-state index >= 15 is 0 Å². The lowest BCUT2D eigenvalue weighted by Gasteiger charge is -2.21. The standard InChI is InChI=1S/C14H20N2O2/c1-10-2-3-11(9-15)8-13(10)16-14(17)12-4-6-18-7-5-12/h2-3,8,12H,4-7,9,15H2,1H3,(H,16,17). The van der Waals surface area contributed by atoms with Crippen LogP contribution in [0.5, 0.6) is 0 Å². The summed E-state index contributed by atoms with van der Waals surface area (Å²) in [4.78, 5) is 12.1. The number of nitrogens with two attached hydrogens (primary N) is 1. The van der Waals surface area contributed by atoms with Gasteiger partial charge in [-0.2, -0.15) is 0 Å². The molecular formula is C14H20N2O2. The molecule has 0 unspecified atom stereocenters. The summed E-state index contributed by atoms with van der Waals surface area (Å²) in [5, 5.41) is 3.00. The van der Waals surface area contributed by atoms with Crippen LogP contribution in [0.3, 0.4) is 0 Å². The van der Waals surface area contributed by atoms with Crippen molar-refractivity contribution in [3.05, 3.63) is 29.3 Å². The van der Waals surface area contributed by atoms with Gasteiger partial charge in [0.15, 0.2) is 0 Å². The SMILES string of the molecule is Cc1ccc(CN)cc1NC(=O)C1CCOCC1. The zero-order valence-corrected chi connectivity index (χ0v) is 10.7. The molecule has 1 saturated heterocycles. The second kappa shape index (κ2) is 5.98. The summed E-state index contributed by atoms with van der Waals surface area (Å²) < 4.78 is 5.26. The molecule has 18 heavy (non-hydrogen) atoms. The molecule has 1 aliphatic heterocycles. The van der Waals surface area contributed by atoms with Crippen LogP contribution in [-0.4, -0.2) is 19.1 Å². The van der Waals surface area contributed by atoms with Gasteiger partial charge in [-0.3, -0.25) is 4.79 Å². The number of ether oxygens (including phenoxy) is 1. The van der Waals surface area contributed by atoms with Crippen molar-refractivity contribution < 1.29 is 9.53 Å². The number of nitrogens with one attached hydrogen (secondary N) is 1. The van der Waals surface area contributed by atoms with Gasteiger partial charge in [0.25, 0.3) is 0 Å². The monoisotopic (exact) mass is 248 g/mol. The van der Waals surface area contributed by atoms with E-state index in [1.165, 1.54) is 0 Å². The van der Waals surface area contributed by atoms with Crippen LogP contribution in [0, 0.1) is 12.8 Å². The molecule has 0 spiro atoms. The molecule has 0 saturated carbocycles. The highest BCUT2D eigenvalue weighted by molar-refractivity contribution is 5.93. The van der Waals surface area contributed by atoms with Gasteiger partial charge < -0.3 is 15.8 Å². The van der Waals surface area contributed by atoms with Crippen molar-refractivity contribution >= 4 is 11.6 Å². The molecule has 4 nitrogen and oxygen atoms in total. The molecule has 4 heteroatoms. The number of rotatable bonds is 3. The molecule has 3 N–H and O–H groups in total. The third kappa shape index (κ3) is 3.09. The molecule has 1 aromatic rings. The molecule has 0 aromatic heterocycles. The van der Waals surface area contributed by atoms with Gasteiger partial charge in [-0.1, -0.05) is 12.1 Å². The Kier molecular flexibility index (Phi) is 4.33. The van der Waals surface area contributed by atoms with E-state index in [0.717, 1.165) is 29.7 Å². The van der Waals surface area contributed by atoms with Crippen LogP contribution in [0.25, 0.3) is 0 Å². The van der Waals surface area contributed by atoms with Crippen LogP contribution in [0.15, 0.2) is 18.2 Å². The summed E-state index contributed by atoms with van der Waals surface area (Å²) >= 11 is 0. The van der Waals surface area contributed by atoms with Crippen molar-refractivity contribution in [1.29, 1.82) is 0 Å². The van der Waals surface area contributed by atoms with Gasteiger partial charge >= 0.3 is 0 Å². The van der Waals surface area contributed by atoms with E-state index in [4.69, 9.17) is 10.5 Å². The minimum absolute atomic E-state index is 0.0692. The summed E-state index contributed by atoms with van der Waals surface area (Å²) in [5.74, 6) is 0.162. The number of hydrogen-bond acceptors (Lipinski definition) is 3. The van der Waals surface area contributed by atoms with E-state index in [1.807, 2.05) is 25.1 Å². The number of benzene rings is 1. The van der Waals surface area contributed by atoms with Gasteiger partial charge in [-0.05, 0) is 37.0 Å². The fraction of sp³-hybridized carbons (Fsp3) is 0.500. The lowest BCUT2D eigenvalue weighted by atomic mass is 9.99. The van der Waals surface area contributed by atoms with Crippen LogP contribution in [0.4, 0.5) is 5.69 Å². The van der Waals surface area contributed by atoms with Gasteiger partial charge in [0.1, 0.15) is 0 Å². The summed E-state index contributed by atoms with van der Waals surface area (Å²) in [6.45, 7) is 3.83. The molecule has 1 heterocycles. The summed E-state index contributed by atoms with van der Waals surface area (Å²) in [6, 6.07) is 5.92. The van der Waals surface area contributed by atoms with Crippen molar-refractivity contribution in [2.24, 2.45) is 11.7 Å². The molecular weight excluding hydrogens is 228 g/mol. The number of amides is 1. The smallest absolute Gasteiger partial charge is 0.227 e. The number of carbonyl (C=O) groups is 1. The average molecular weight is 248 g/mol. The molecule has 0 atom stereocenters. The summed E-state index contributed by atoms with van der Waals surface area (Å²) in [6.07, 6.45) is 1.61. The van der Waals surface area contributed by atoms with E-state index in [0.29, 0.717) is 19.8 Å². The number of aryl methyl sites for hydroxylation is 1. The predicted molar refractivity (Wildman–Crippen MR) is 71.2 cm³/mol. The molecule has 1 amide bonds. The Bertz CT molecular complexity index is 426. The topological polar surface area (TPSA) is 64.3 Å². The fourth-order valence-electron chi connectivity index (χ4n) is 2.13. The molecule has 2 rings (SSSR count). The third-order valence-electron chi connectivity index (χ3n) is 3.39. The predicted octanol–water partition coefficient (Wildman–Crippen LogP) is 1.82. The van der Waals surface area contributed by atoms with E-state index in [2.05, 4.69) is 5.32 Å². The van der Waals surface area contributed by atoms with Crippen molar-refractivity contribution in [3.8, 4) is 0 Å². The molecule has 0 bridgehead atoms. The Labute approximate surface area is 108 Å². The van der Waals surface area contributed by atoms with Crippen LogP contribution < -0.4 is 11.1 Å². The Morgan fingerprint density at radius 1 is 1.44 bits per heavy atom. The quantitative estimate of drug-likeness (QED) is 0.857. The van der Waals surface area contributed by atoms with E-state index in [-0.39, 0.29) is 11.8 Å². The van der Waals surface area contributed by atoms with Gasteiger partial charge in [-0.15, -0.1) is 0 Å². The lowest BCUT2D eigenvalue weighted by molar-refractivity contribution is -0.122. The molecule has 1 fully saturated rings. The second-order valence-corrected chi connectivity index (χ2v) is 4.73. The normalized spacial score (nSPS) is 16.6. The molecule has 98 valence electrons. The Morgan fingerprint density at radius 3 is 2.83 bits per heavy atom. The van der Waals surface area contributed by atoms with Crippen LogP contribution >= 0.6 is 0 Å². The maximum Gasteiger partial charge on any atom is 0.227 e. The highest BCUT2D eigenvalue weighted by atomic mass is 16.5. The first-order valence-corrected chi connectivity index (χ1v) is 6.39. The van der Waals surface area contributed by atoms with Gasteiger partial charge in [0.05, 0.1) is 0 Å². The highest BCUT2D eigenvalue weighted by Crippen LogP contribution is 2.21. The second-order valence-electron chi connectivity index (χ2n) is 4.73. The van der Waals surface area contributed by atoms with Gasteiger partial charge in [0, 0.05) is 31.4 Å². The fourth-order valence-corrected chi connectivity index (χ4v) is 2.13. The number of carbonyl (C=O) groups excluding carboxylic acids is 1. The van der Waals surface area contributed by atoms with Crippen LogP contribution in [-0.2, 0) is 16.1 Å². The van der Waals surface area contributed by atoms with Crippen molar-refractivity contribution in [1.82, 2.24) is 0 Å². The molecule has 1 aliphatic rings. The van der Waals surface area contributed by atoms with Crippen molar-refractivity contribution in [2.75, 3.05) is 18.5 Å². The Balaban J connectivity index is 2.05.